The third kappa shape index (κ3) is 3.96. The van der Waals surface area contributed by atoms with Crippen molar-refractivity contribution in [3.8, 4) is 5.88 Å². The van der Waals surface area contributed by atoms with Gasteiger partial charge in [0.1, 0.15) is 5.82 Å². The molecule has 0 spiro atoms. The maximum absolute atomic E-state index is 5.72. The van der Waals surface area contributed by atoms with Crippen molar-refractivity contribution in [1.29, 1.82) is 0 Å². The summed E-state index contributed by atoms with van der Waals surface area (Å²) in [6.07, 6.45) is 0. The van der Waals surface area contributed by atoms with E-state index in [0.29, 0.717) is 19.0 Å². The molecule has 0 aliphatic carbocycles. The van der Waals surface area contributed by atoms with Crippen molar-refractivity contribution >= 4 is 5.82 Å². The minimum absolute atomic E-state index is 0.591. The smallest absolute Gasteiger partial charge is 0.215 e. The molecule has 0 aliphatic rings. The Balaban J connectivity index is 2.17. The Hall–Kier alpha value is -2.07. The third-order valence-electron chi connectivity index (χ3n) is 2.94. The van der Waals surface area contributed by atoms with Gasteiger partial charge in [0.05, 0.1) is 6.61 Å². The van der Waals surface area contributed by atoms with Crippen LogP contribution in [0.4, 0.5) is 5.82 Å². The summed E-state index contributed by atoms with van der Waals surface area (Å²) in [6, 6.07) is 16.1. The topological polar surface area (TPSA) is 51.4 Å². The average Bonchev–Trinajstić information content (AvgIpc) is 2.49. The van der Waals surface area contributed by atoms with Gasteiger partial charge in [0.15, 0.2) is 0 Å². The first-order valence-corrected chi connectivity index (χ1v) is 6.92. The highest BCUT2D eigenvalue weighted by Crippen LogP contribution is 2.18. The second-order valence-corrected chi connectivity index (χ2v) is 4.46. The second-order valence-electron chi connectivity index (χ2n) is 4.46. The molecule has 0 atom stereocenters. The number of hydrogen-bond acceptors (Lipinski definition) is 4. The van der Waals surface area contributed by atoms with Crippen LogP contribution in [-0.2, 0) is 6.54 Å². The van der Waals surface area contributed by atoms with Crippen LogP contribution in [0.1, 0.15) is 12.5 Å². The van der Waals surface area contributed by atoms with Crippen LogP contribution < -0.4 is 15.4 Å². The Labute approximate surface area is 120 Å². The van der Waals surface area contributed by atoms with Crippen LogP contribution in [0.2, 0.25) is 0 Å². The molecule has 1 aromatic heterocycles. The van der Waals surface area contributed by atoms with E-state index in [1.165, 1.54) is 5.56 Å². The molecule has 0 aliphatic heterocycles. The zero-order valence-electron chi connectivity index (χ0n) is 11.8. The van der Waals surface area contributed by atoms with Crippen molar-refractivity contribution in [1.82, 2.24) is 4.98 Å². The first-order valence-electron chi connectivity index (χ1n) is 6.92. The summed E-state index contributed by atoms with van der Waals surface area (Å²) in [7, 11) is 0. The van der Waals surface area contributed by atoms with E-state index >= 15 is 0 Å². The molecular weight excluding hydrogens is 250 g/mol. The van der Waals surface area contributed by atoms with Gasteiger partial charge in [-0.15, -0.1) is 0 Å². The molecule has 4 heteroatoms. The van der Waals surface area contributed by atoms with Crippen LogP contribution in [0.5, 0.6) is 5.88 Å². The van der Waals surface area contributed by atoms with Gasteiger partial charge in [-0.25, -0.2) is 0 Å². The predicted molar refractivity (Wildman–Crippen MR) is 82.0 cm³/mol. The first kappa shape index (κ1) is 14.3. The molecule has 2 N–H and O–H groups in total. The number of ether oxygens (including phenoxy) is 1. The van der Waals surface area contributed by atoms with Crippen LogP contribution in [0.3, 0.4) is 0 Å². The minimum atomic E-state index is 0.591. The fraction of sp³-hybridized carbons (Fsp3) is 0.312. The molecule has 20 heavy (non-hydrogen) atoms. The molecule has 0 amide bonds. The summed E-state index contributed by atoms with van der Waals surface area (Å²) < 4.78 is 5.46. The van der Waals surface area contributed by atoms with E-state index in [1.807, 2.05) is 43.3 Å². The molecule has 0 radical (unpaired) electrons. The molecule has 106 valence electrons. The van der Waals surface area contributed by atoms with E-state index in [2.05, 4.69) is 22.0 Å². The standard InChI is InChI=1S/C16H21N3O/c1-2-20-16-10-6-9-15(18-16)19(12-11-17)13-14-7-4-3-5-8-14/h3-10H,2,11-13,17H2,1H3. The van der Waals surface area contributed by atoms with Crippen LogP contribution >= 0.6 is 0 Å². The van der Waals surface area contributed by atoms with Gasteiger partial charge in [-0.3, -0.25) is 0 Å². The van der Waals surface area contributed by atoms with E-state index in [-0.39, 0.29) is 0 Å². The van der Waals surface area contributed by atoms with Gasteiger partial charge >= 0.3 is 0 Å². The van der Waals surface area contributed by atoms with Crippen LogP contribution in [0.25, 0.3) is 0 Å². The summed E-state index contributed by atoms with van der Waals surface area (Å²) in [4.78, 5) is 6.69. The monoisotopic (exact) mass is 271 g/mol. The second kappa shape index (κ2) is 7.50. The molecule has 0 fully saturated rings. The molecule has 1 aromatic carbocycles. The van der Waals surface area contributed by atoms with Gasteiger partial charge in [-0.05, 0) is 18.6 Å². The van der Waals surface area contributed by atoms with E-state index < -0.39 is 0 Å². The largest absolute Gasteiger partial charge is 0.478 e. The zero-order chi connectivity index (χ0) is 14.2. The molecular formula is C16H21N3O. The number of benzene rings is 1. The zero-order valence-corrected chi connectivity index (χ0v) is 11.8. The summed E-state index contributed by atoms with van der Waals surface area (Å²) in [5.74, 6) is 1.55. The predicted octanol–water partition coefficient (Wildman–Crippen LogP) is 2.45. The number of rotatable bonds is 7. The highest BCUT2D eigenvalue weighted by Gasteiger charge is 2.09. The van der Waals surface area contributed by atoms with Crippen molar-refractivity contribution in [3.05, 3.63) is 54.1 Å². The molecule has 2 aromatic rings. The Kier molecular flexibility index (Phi) is 5.38. The maximum atomic E-state index is 5.72. The summed E-state index contributed by atoms with van der Waals surface area (Å²) in [5, 5.41) is 0. The third-order valence-corrected chi connectivity index (χ3v) is 2.94. The average molecular weight is 271 g/mol. The lowest BCUT2D eigenvalue weighted by atomic mass is 10.2. The van der Waals surface area contributed by atoms with Gasteiger partial charge < -0.3 is 15.4 Å². The molecule has 1 heterocycles. The van der Waals surface area contributed by atoms with E-state index in [1.54, 1.807) is 0 Å². The van der Waals surface area contributed by atoms with Crippen LogP contribution in [-0.4, -0.2) is 24.7 Å². The van der Waals surface area contributed by atoms with Crippen LogP contribution in [0, 0.1) is 0 Å². The Morgan fingerprint density at radius 3 is 2.60 bits per heavy atom. The summed E-state index contributed by atoms with van der Waals surface area (Å²) in [5.41, 5.74) is 6.96. The molecule has 0 unspecified atom stereocenters. The van der Waals surface area contributed by atoms with Gasteiger partial charge in [0.25, 0.3) is 0 Å². The van der Waals surface area contributed by atoms with E-state index in [4.69, 9.17) is 10.5 Å². The number of aromatic nitrogens is 1. The highest BCUT2D eigenvalue weighted by atomic mass is 16.5. The fourth-order valence-corrected chi connectivity index (χ4v) is 2.04. The van der Waals surface area contributed by atoms with Crippen molar-refractivity contribution in [2.45, 2.75) is 13.5 Å². The van der Waals surface area contributed by atoms with Crippen molar-refractivity contribution in [2.24, 2.45) is 5.73 Å². The maximum Gasteiger partial charge on any atom is 0.215 e. The Morgan fingerprint density at radius 2 is 1.90 bits per heavy atom. The normalized spacial score (nSPS) is 10.3. The van der Waals surface area contributed by atoms with Gasteiger partial charge in [0, 0.05) is 25.7 Å². The number of anilines is 1. The first-order chi connectivity index (χ1) is 9.83. The lowest BCUT2D eigenvalue weighted by Crippen LogP contribution is -2.29. The lowest BCUT2D eigenvalue weighted by molar-refractivity contribution is 0.327. The van der Waals surface area contributed by atoms with Crippen LogP contribution in [0.15, 0.2) is 48.5 Å². The Morgan fingerprint density at radius 1 is 1.10 bits per heavy atom. The summed E-state index contributed by atoms with van der Waals surface area (Å²) in [6.45, 7) is 4.72. The molecule has 0 saturated heterocycles. The van der Waals surface area contributed by atoms with E-state index in [0.717, 1.165) is 18.9 Å². The SMILES string of the molecule is CCOc1cccc(N(CCN)Cc2ccccc2)n1. The van der Waals surface area contributed by atoms with Crippen molar-refractivity contribution < 1.29 is 4.74 Å². The van der Waals surface area contributed by atoms with Crippen molar-refractivity contribution in [2.75, 3.05) is 24.6 Å². The fourth-order valence-electron chi connectivity index (χ4n) is 2.04. The number of nitrogens with zero attached hydrogens (tertiary/aromatic N) is 2. The molecule has 0 saturated carbocycles. The highest BCUT2D eigenvalue weighted by molar-refractivity contribution is 5.41. The lowest BCUT2D eigenvalue weighted by Gasteiger charge is -2.23. The van der Waals surface area contributed by atoms with E-state index in [9.17, 15) is 0 Å². The van der Waals surface area contributed by atoms with Crippen molar-refractivity contribution in [3.63, 3.8) is 0 Å². The minimum Gasteiger partial charge on any atom is -0.478 e. The Bertz CT molecular complexity index is 516. The summed E-state index contributed by atoms with van der Waals surface area (Å²) >= 11 is 0. The van der Waals surface area contributed by atoms with Gasteiger partial charge in [-0.2, -0.15) is 4.98 Å². The molecule has 4 nitrogen and oxygen atoms in total. The molecule has 0 bridgehead atoms. The van der Waals surface area contributed by atoms with Gasteiger partial charge in [0.2, 0.25) is 5.88 Å². The quantitative estimate of drug-likeness (QED) is 0.840. The molecule has 2 rings (SSSR count). The number of pyridine rings is 1. The van der Waals surface area contributed by atoms with Gasteiger partial charge in [-0.1, -0.05) is 36.4 Å². The number of nitrogens with two attached hydrogens (primary N) is 1. The number of hydrogen-bond donors (Lipinski definition) is 1.